The number of oxazole rings is 1. The molecule has 154 valence electrons. The van der Waals surface area contributed by atoms with Crippen molar-refractivity contribution in [1.82, 2.24) is 15.3 Å². The number of rotatable bonds is 3. The van der Waals surface area contributed by atoms with Crippen LogP contribution in [-0.4, -0.2) is 45.4 Å². The van der Waals surface area contributed by atoms with E-state index in [1.165, 1.54) is 6.92 Å². The first-order chi connectivity index (χ1) is 13.7. The quantitative estimate of drug-likeness (QED) is 0.528. The van der Waals surface area contributed by atoms with Gasteiger partial charge in [0.25, 0.3) is 6.01 Å². The summed E-state index contributed by atoms with van der Waals surface area (Å²) in [5.74, 6) is -0.506. The van der Waals surface area contributed by atoms with Crippen LogP contribution in [0.2, 0.25) is 0 Å². The van der Waals surface area contributed by atoms with Crippen molar-refractivity contribution in [2.45, 2.75) is 31.7 Å². The molecule has 3 heterocycles. The molecule has 0 bridgehead atoms. The number of fused-ring (bicyclic) bond motifs is 1. The van der Waals surface area contributed by atoms with E-state index in [2.05, 4.69) is 20.6 Å². The van der Waals surface area contributed by atoms with Crippen molar-refractivity contribution in [1.29, 1.82) is 0 Å². The number of aliphatic hydroxyl groups excluding tert-OH is 1. The minimum atomic E-state index is -4.55. The minimum Gasteiger partial charge on any atom is -0.507 e. The average molecular weight is 408 g/mol. The van der Waals surface area contributed by atoms with Crippen LogP contribution in [0.5, 0.6) is 5.75 Å². The van der Waals surface area contributed by atoms with Gasteiger partial charge in [-0.1, -0.05) is 0 Å². The molecule has 4 N–H and O–H groups in total. The Balaban J connectivity index is 1.64. The van der Waals surface area contributed by atoms with Crippen molar-refractivity contribution in [3.05, 3.63) is 35.4 Å². The number of phenolic OH excluding ortho intramolecular Hbond substituents is 1. The molecule has 0 aliphatic carbocycles. The van der Waals surface area contributed by atoms with Gasteiger partial charge in [0.1, 0.15) is 5.75 Å². The van der Waals surface area contributed by atoms with Gasteiger partial charge in [0.2, 0.25) is 5.65 Å². The zero-order valence-corrected chi connectivity index (χ0v) is 15.4. The Bertz CT molecular complexity index is 1030. The number of β-amino-alcohol motifs (C(OH)–C–C–N with tert-alkyl or cyclic N) is 1. The number of benzene rings is 1. The fourth-order valence-corrected chi connectivity index (χ4v) is 3.49. The lowest BCUT2D eigenvalue weighted by Crippen LogP contribution is -2.45. The summed E-state index contributed by atoms with van der Waals surface area (Å²) in [7, 11) is 0. The van der Waals surface area contributed by atoms with E-state index in [-0.39, 0.29) is 34.5 Å². The van der Waals surface area contributed by atoms with Crippen LogP contribution in [0.25, 0.3) is 22.5 Å². The Morgan fingerprint density at radius 2 is 2.00 bits per heavy atom. The molecule has 0 amide bonds. The molecule has 1 aliphatic heterocycles. The minimum absolute atomic E-state index is 0.0625. The lowest BCUT2D eigenvalue weighted by Gasteiger charge is -2.26. The van der Waals surface area contributed by atoms with E-state index in [0.29, 0.717) is 31.2 Å². The molecule has 3 aromatic rings. The van der Waals surface area contributed by atoms with Crippen LogP contribution in [0, 0.1) is 6.92 Å². The smallest absolute Gasteiger partial charge is 0.416 e. The van der Waals surface area contributed by atoms with Gasteiger partial charge in [-0.25, -0.2) is 4.98 Å². The highest BCUT2D eigenvalue weighted by atomic mass is 19.4. The molecule has 1 saturated heterocycles. The maximum Gasteiger partial charge on any atom is 0.416 e. The Kier molecular flexibility index (Phi) is 4.83. The molecule has 1 fully saturated rings. The van der Waals surface area contributed by atoms with E-state index in [9.17, 15) is 23.4 Å². The lowest BCUT2D eigenvalue weighted by atomic mass is 10.0. The lowest BCUT2D eigenvalue weighted by molar-refractivity contribution is -0.137. The molecule has 1 aliphatic rings. The number of aryl methyl sites for hydroxylation is 1. The van der Waals surface area contributed by atoms with Gasteiger partial charge in [-0.3, -0.25) is 0 Å². The number of pyridine rings is 1. The fourth-order valence-electron chi connectivity index (χ4n) is 3.49. The Morgan fingerprint density at radius 3 is 2.69 bits per heavy atom. The van der Waals surface area contributed by atoms with E-state index < -0.39 is 23.6 Å². The number of anilines is 1. The van der Waals surface area contributed by atoms with Crippen LogP contribution in [-0.2, 0) is 6.18 Å². The van der Waals surface area contributed by atoms with Gasteiger partial charge in [-0.05, 0) is 43.2 Å². The second-order valence-electron chi connectivity index (χ2n) is 7.11. The Labute approximate surface area is 163 Å². The molecule has 0 radical (unpaired) electrons. The number of aromatic nitrogens is 2. The zero-order chi connectivity index (χ0) is 20.8. The highest BCUT2D eigenvalue weighted by Crippen LogP contribution is 2.38. The number of alkyl halides is 3. The van der Waals surface area contributed by atoms with Crippen LogP contribution < -0.4 is 10.6 Å². The zero-order valence-electron chi connectivity index (χ0n) is 15.4. The number of nitrogens with zero attached hydrogens (tertiary/aromatic N) is 2. The van der Waals surface area contributed by atoms with Gasteiger partial charge in [0.15, 0.2) is 5.58 Å². The van der Waals surface area contributed by atoms with Crippen LogP contribution in [0.3, 0.4) is 0 Å². The van der Waals surface area contributed by atoms with Crippen molar-refractivity contribution in [3.8, 4) is 17.0 Å². The predicted octanol–water partition coefficient (Wildman–Crippen LogP) is 3.06. The van der Waals surface area contributed by atoms with Gasteiger partial charge in [-0.15, -0.1) is 0 Å². The van der Waals surface area contributed by atoms with Gasteiger partial charge in [-0.2, -0.15) is 18.2 Å². The van der Waals surface area contributed by atoms with Crippen molar-refractivity contribution < 1.29 is 27.8 Å². The van der Waals surface area contributed by atoms with E-state index in [1.807, 2.05) is 0 Å². The Hall–Kier alpha value is -2.85. The summed E-state index contributed by atoms with van der Waals surface area (Å²) in [5.41, 5.74) is 0.465. The third-order valence-corrected chi connectivity index (χ3v) is 4.81. The number of hydrogen-bond acceptors (Lipinski definition) is 7. The summed E-state index contributed by atoms with van der Waals surface area (Å²) < 4.78 is 44.4. The third kappa shape index (κ3) is 3.99. The summed E-state index contributed by atoms with van der Waals surface area (Å²) in [4.78, 5) is 8.61. The topological polar surface area (TPSA) is 103 Å². The highest BCUT2D eigenvalue weighted by molar-refractivity contribution is 5.78. The summed E-state index contributed by atoms with van der Waals surface area (Å²) in [5, 5.41) is 26.1. The first kappa shape index (κ1) is 19.5. The fraction of sp³-hybridized carbons (Fsp3) is 0.368. The summed E-state index contributed by atoms with van der Waals surface area (Å²) >= 11 is 0. The number of piperidine rings is 1. The molecule has 0 spiro atoms. The van der Waals surface area contributed by atoms with Gasteiger partial charge in [0.05, 0.1) is 17.4 Å². The summed E-state index contributed by atoms with van der Waals surface area (Å²) in [6.45, 7) is 2.66. The molecule has 10 heteroatoms. The van der Waals surface area contributed by atoms with Crippen LogP contribution in [0.4, 0.5) is 19.2 Å². The molecule has 4 rings (SSSR count). The monoisotopic (exact) mass is 408 g/mol. The van der Waals surface area contributed by atoms with Crippen molar-refractivity contribution in [2.24, 2.45) is 0 Å². The molecule has 1 aromatic carbocycles. The van der Waals surface area contributed by atoms with Crippen molar-refractivity contribution >= 4 is 17.2 Å². The molecule has 2 atom stereocenters. The Morgan fingerprint density at radius 1 is 1.21 bits per heavy atom. The molecule has 0 saturated carbocycles. The third-order valence-electron chi connectivity index (χ3n) is 4.81. The largest absolute Gasteiger partial charge is 0.507 e. The second-order valence-corrected chi connectivity index (χ2v) is 7.11. The molecule has 2 aromatic heterocycles. The maximum absolute atomic E-state index is 12.9. The SMILES string of the molecule is Cc1cc(C(F)(F)F)cc(O)c1-c1ccc2oc(N[C@H]3CNC[C@@H](O)C3)nc2n1. The van der Waals surface area contributed by atoms with Gasteiger partial charge < -0.3 is 25.3 Å². The molecule has 29 heavy (non-hydrogen) atoms. The second kappa shape index (κ2) is 7.20. The van der Waals surface area contributed by atoms with Gasteiger partial charge >= 0.3 is 6.18 Å². The number of hydrogen-bond donors (Lipinski definition) is 4. The molecular formula is C19H19F3N4O3. The first-order valence-corrected chi connectivity index (χ1v) is 9.05. The number of aliphatic hydroxyl groups is 1. The number of halogens is 3. The highest BCUT2D eigenvalue weighted by Gasteiger charge is 2.32. The molecule has 0 unspecified atom stereocenters. The van der Waals surface area contributed by atoms with Crippen molar-refractivity contribution in [2.75, 3.05) is 18.4 Å². The van der Waals surface area contributed by atoms with Gasteiger partial charge in [0, 0.05) is 24.7 Å². The molecule has 7 nitrogen and oxygen atoms in total. The summed E-state index contributed by atoms with van der Waals surface area (Å²) in [6, 6.07) is 4.98. The van der Waals surface area contributed by atoms with E-state index in [1.54, 1.807) is 12.1 Å². The maximum atomic E-state index is 12.9. The number of phenols is 1. The van der Waals surface area contributed by atoms with E-state index >= 15 is 0 Å². The number of nitrogens with one attached hydrogen (secondary N) is 2. The number of aromatic hydroxyl groups is 1. The normalized spacial score (nSPS) is 20.2. The predicted molar refractivity (Wildman–Crippen MR) is 99.5 cm³/mol. The first-order valence-electron chi connectivity index (χ1n) is 9.05. The molecular weight excluding hydrogens is 389 g/mol. The van der Waals surface area contributed by atoms with E-state index in [0.717, 1.165) is 6.07 Å². The van der Waals surface area contributed by atoms with Crippen LogP contribution in [0.15, 0.2) is 28.7 Å². The standard InChI is InChI=1S/C19H19F3N4O3/c1-9-4-10(19(20,21)22)5-14(28)16(9)13-2-3-15-17(25-13)26-18(29-15)24-11-6-12(27)8-23-7-11/h2-5,11-12,23,27-28H,6-8H2,1H3,(H,24,25,26)/t11-,12+/m1/s1. The van der Waals surface area contributed by atoms with Crippen molar-refractivity contribution in [3.63, 3.8) is 0 Å². The summed E-state index contributed by atoms with van der Waals surface area (Å²) in [6.07, 6.45) is -4.46. The van der Waals surface area contributed by atoms with E-state index in [4.69, 9.17) is 4.42 Å². The van der Waals surface area contributed by atoms with Crippen LogP contribution in [0.1, 0.15) is 17.5 Å². The van der Waals surface area contributed by atoms with Crippen LogP contribution >= 0.6 is 0 Å². The average Bonchev–Trinajstić information content (AvgIpc) is 3.02.